The largest absolute Gasteiger partial charge is 0.506 e. The Morgan fingerprint density at radius 1 is 1.62 bits per heavy atom. The van der Waals surface area contributed by atoms with Gasteiger partial charge >= 0.3 is 5.97 Å². The van der Waals surface area contributed by atoms with Crippen LogP contribution in [0, 0.1) is 0 Å². The molecule has 0 aliphatic carbocycles. The molecule has 0 bridgehead atoms. The van der Waals surface area contributed by atoms with Crippen molar-refractivity contribution in [3.8, 4) is 5.75 Å². The number of ether oxygens (including phenoxy) is 1. The number of alkyl halides is 2. The fourth-order valence-corrected chi connectivity index (χ4v) is 1.10. The van der Waals surface area contributed by atoms with Crippen molar-refractivity contribution in [2.75, 3.05) is 6.61 Å². The molecule has 1 heterocycles. The minimum Gasteiger partial charge on any atom is -0.506 e. The van der Waals surface area contributed by atoms with Crippen LogP contribution in [0.15, 0.2) is 11.0 Å². The first-order valence-corrected chi connectivity index (χ1v) is 4.38. The van der Waals surface area contributed by atoms with Crippen LogP contribution in [0.5, 0.6) is 5.75 Å². The summed E-state index contributed by atoms with van der Waals surface area (Å²) in [7, 11) is 0. The number of pyridine rings is 1. The van der Waals surface area contributed by atoms with Crippen molar-refractivity contribution in [2.24, 2.45) is 0 Å². The molecule has 1 aromatic rings. The molecular weight excluding hydrogens is 224 g/mol. The Hall–Kier alpha value is -1.92. The number of rotatable bonds is 3. The number of H-pyrrole nitrogens is 1. The summed E-state index contributed by atoms with van der Waals surface area (Å²) < 4.78 is 29.3. The first kappa shape index (κ1) is 12.2. The summed E-state index contributed by atoms with van der Waals surface area (Å²) in [5.74, 6) is -2.02. The van der Waals surface area contributed by atoms with E-state index in [0.717, 1.165) is 6.20 Å². The van der Waals surface area contributed by atoms with Crippen molar-refractivity contribution >= 4 is 5.97 Å². The SMILES string of the molecule is CCOC(=O)c1c[nH]c(=O)c(C(F)F)c1O. The maximum absolute atomic E-state index is 12.4. The molecular formula is C9H9F2NO4. The van der Waals surface area contributed by atoms with Gasteiger partial charge in [0.15, 0.2) is 0 Å². The highest BCUT2D eigenvalue weighted by Crippen LogP contribution is 2.27. The highest BCUT2D eigenvalue weighted by molar-refractivity contribution is 5.92. The molecule has 5 nitrogen and oxygen atoms in total. The number of hydrogen-bond acceptors (Lipinski definition) is 4. The first-order valence-electron chi connectivity index (χ1n) is 4.38. The third-order valence-corrected chi connectivity index (χ3v) is 1.82. The highest BCUT2D eigenvalue weighted by atomic mass is 19.3. The normalized spacial score (nSPS) is 10.5. The van der Waals surface area contributed by atoms with Crippen molar-refractivity contribution in [1.29, 1.82) is 0 Å². The molecule has 0 atom stereocenters. The molecule has 7 heteroatoms. The third-order valence-electron chi connectivity index (χ3n) is 1.82. The number of aromatic hydroxyl groups is 1. The maximum Gasteiger partial charge on any atom is 0.343 e. The number of nitrogens with one attached hydrogen (secondary N) is 1. The molecule has 0 unspecified atom stereocenters. The Balaban J connectivity index is 3.29. The van der Waals surface area contributed by atoms with Crippen LogP contribution in [0.3, 0.4) is 0 Å². The van der Waals surface area contributed by atoms with Crippen LogP contribution in [0.25, 0.3) is 0 Å². The lowest BCUT2D eigenvalue weighted by atomic mass is 10.1. The number of esters is 1. The number of aromatic amines is 1. The Kier molecular flexibility index (Phi) is 3.60. The van der Waals surface area contributed by atoms with Crippen molar-refractivity contribution in [2.45, 2.75) is 13.3 Å². The molecule has 0 aliphatic rings. The van der Waals surface area contributed by atoms with Gasteiger partial charge in [-0.3, -0.25) is 4.79 Å². The number of carbonyl (C=O) groups is 1. The smallest absolute Gasteiger partial charge is 0.343 e. The first-order chi connectivity index (χ1) is 7.49. The van der Waals surface area contributed by atoms with E-state index in [-0.39, 0.29) is 6.61 Å². The van der Waals surface area contributed by atoms with Crippen LogP contribution in [-0.4, -0.2) is 22.7 Å². The van der Waals surface area contributed by atoms with Crippen LogP contribution in [-0.2, 0) is 4.74 Å². The van der Waals surface area contributed by atoms with Gasteiger partial charge in [0.25, 0.3) is 12.0 Å². The van der Waals surface area contributed by atoms with Crippen LogP contribution in [0.4, 0.5) is 8.78 Å². The monoisotopic (exact) mass is 233 g/mol. The number of hydrogen-bond donors (Lipinski definition) is 2. The summed E-state index contributed by atoms with van der Waals surface area (Å²) in [5.41, 5.74) is -2.76. The second-order valence-electron chi connectivity index (χ2n) is 2.81. The molecule has 0 saturated heterocycles. The lowest BCUT2D eigenvalue weighted by Gasteiger charge is -2.07. The fraction of sp³-hybridized carbons (Fsp3) is 0.333. The quantitative estimate of drug-likeness (QED) is 0.768. The topological polar surface area (TPSA) is 79.4 Å². The van der Waals surface area contributed by atoms with Gasteiger partial charge in [-0.15, -0.1) is 0 Å². The number of carbonyl (C=O) groups excluding carboxylic acids is 1. The Morgan fingerprint density at radius 2 is 2.25 bits per heavy atom. The minimum absolute atomic E-state index is 0.0292. The van der Waals surface area contributed by atoms with Gasteiger partial charge in [0.1, 0.15) is 16.9 Å². The highest BCUT2D eigenvalue weighted by Gasteiger charge is 2.24. The summed E-state index contributed by atoms with van der Waals surface area (Å²) in [6, 6.07) is 0. The summed E-state index contributed by atoms with van der Waals surface area (Å²) in [4.78, 5) is 24.1. The van der Waals surface area contributed by atoms with Gasteiger partial charge in [0.05, 0.1) is 6.61 Å². The van der Waals surface area contributed by atoms with E-state index >= 15 is 0 Å². The molecule has 0 spiro atoms. The maximum atomic E-state index is 12.4. The summed E-state index contributed by atoms with van der Waals surface area (Å²) in [6.07, 6.45) is -2.33. The molecule has 1 aromatic heterocycles. The molecule has 1 rings (SSSR count). The van der Waals surface area contributed by atoms with Crippen molar-refractivity contribution in [3.63, 3.8) is 0 Å². The zero-order valence-corrected chi connectivity index (χ0v) is 8.29. The van der Waals surface area contributed by atoms with Gasteiger partial charge in [-0.25, -0.2) is 13.6 Å². The zero-order valence-electron chi connectivity index (χ0n) is 8.29. The third kappa shape index (κ3) is 2.18. The molecule has 0 radical (unpaired) electrons. The van der Waals surface area contributed by atoms with E-state index in [4.69, 9.17) is 0 Å². The van der Waals surface area contributed by atoms with Crippen LogP contribution in [0.2, 0.25) is 0 Å². The van der Waals surface area contributed by atoms with Crippen molar-refractivity contribution in [1.82, 2.24) is 4.98 Å². The average molecular weight is 233 g/mol. The molecule has 0 aromatic carbocycles. The van der Waals surface area contributed by atoms with Gasteiger partial charge < -0.3 is 14.8 Å². The molecule has 0 fully saturated rings. The second-order valence-corrected chi connectivity index (χ2v) is 2.81. The van der Waals surface area contributed by atoms with Gasteiger partial charge in [0.2, 0.25) is 0 Å². The summed E-state index contributed by atoms with van der Waals surface area (Å²) in [6.45, 7) is 1.55. The minimum atomic E-state index is -3.17. The molecule has 0 aliphatic heterocycles. The average Bonchev–Trinajstić information content (AvgIpc) is 2.17. The Bertz CT molecular complexity index is 455. The van der Waals surface area contributed by atoms with E-state index in [9.17, 15) is 23.5 Å². The lowest BCUT2D eigenvalue weighted by molar-refractivity contribution is 0.0521. The summed E-state index contributed by atoms with van der Waals surface area (Å²) in [5, 5.41) is 9.34. The van der Waals surface area contributed by atoms with E-state index in [1.807, 2.05) is 4.98 Å². The van der Waals surface area contributed by atoms with Crippen LogP contribution < -0.4 is 5.56 Å². The number of aromatic nitrogens is 1. The lowest BCUT2D eigenvalue weighted by Crippen LogP contribution is -2.16. The Labute approximate surface area is 88.7 Å². The molecule has 0 amide bonds. The second kappa shape index (κ2) is 4.73. The Morgan fingerprint density at radius 3 is 2.75 bits per heavy atom. The standard InChI is InChI=1S/C9H9F2NO4/c1-2-16-9(15)4-3-12-8(14)5(6(4)13)7(10)11/h3,7H,2H2,1H3,(H2,12,13,14). The van der Waals surface area contributed by atoms with Crippen LogP contribution in [0.1, 0.15) is 29.3 Å². The van der Waals surface area contributed by atoms with Crippen molar-refractivity contribution < 1.29 is 23.4 Å². The van der Waals surface area contributed by atoms with Crippen molar-refractivity contribution in [3.05, 3.63) is 27.7 Å². The fourth-order valence-electron chi connectivity index (χ4n) is 1.10. The predicted octanol–water partition coefficient (Wildman–Crippen LogP) is 1.19. The van der Waals surface area contributed by atoms with E-state index in [0.29, 0.717) is 0 Å². The van der Waals surface area contributed by atoms with E-state index < -0.39 is 34.8 Å². The zero-order chi connectivity index (χ0) is 12.3. The van der Waals surface area contributed by atoms with Gasteiger partial charge in [-0.1, -0.05) is 0 Å². The van der Waals surface area contributed by atoms with Gasteiger partial charge in [-0.2, -0.15) is 0 Å². The molecule has 0 saturated carbocycles. The van der Waals surface area contributed by atoms with Gasteiger partial charge in [0, 0.05) is 6.20 Å². The number of halogens is 2. The van der Waals surface area contributed by atoms with Crippen LogP contribution >= 0.6 is 0 Å². The van der Waals surface area contributed by atoms with E-state index in [2.05, 4.69) is 4.74 Å². The van der Waals surface area contributed by atoms with E-state index in [1.165, 1.54) is 6.92 Å². The molecule has 88 valence electrons. The van der Waals surface area contributed by atoms with E-state index in [1.54, 1.807) is 0 Å². The molecule has 16 heavy (non-hydrogen) atoms. The summed E-state index contributed by atoms with van der Waals surface area (Å²) >= 11 is 0. The predicted molar refractivity (Wildman–Crippen MR) is 49.6 cm³/mol. The molecule has 2 N–H and O–H groups in total. The van der Waals surface area contributed by atoms with Gasteiger partial charge in [-0.05, 0) is 6.92 Å².